The molecule has 2 fully saturated rings. The summed E-state index contributed by atoms with van der Waals surface area (Å²) < 4.78 is 0. The number of benzene rings is 1. The van der Waals surface area contributed by atoms with Gasteiger partial charge in [0, 0.05) is 36.3 Å². The molecule has 5 heteroatoms. The Balaban J connectivity index is 1.61. The monoisotopic (exact) mass is 381 g/mol. The van der Waals surface area contributed by atoms with Crippen LogP contribution in [-0.2, 0) is 4.79 Å². The number of rotatable bonds is 7. The van der Waals surface area contributed by atoms with Gasteiger partial charge in [-0.1, -0.05) is 18.6 Å². The lowest BCUT2D eigenvalue weighted by molar-refractivity contribution is -0.122. The lowest BCUT2D eigenvalue weighted by atomic mass is 9.65. The van der Waals surface area contributed by atoms with Crippen molar-refractivity contribution in [1.29, 1.82) is 0 Å². The minimum absolute atomic E-state index is 0.0343. The van der Waals surface area contributed by atoms with Gasteiger partial charge in [-0.3, -0.25) is 9.59 Å². The molecular formula is C23H31N3O2. The molecule has 3 rings (SSSR count). The highest BCUT2D eigenvalue weighted by atomic mass is 16.2. The van der Waals surface area contributed by atoms with Crippen LogP contribution in [0.5, 0.6) is 0 Å². The van der Waals surface area contributed by atoms with E-state index in [1.807, 2.05) is 0 Å². The summed E-state index contributed by atoms with van der Waals surface area (Å²) in [6.45, 7) is 8.32. The van der Waals surface area contributed by atoms with Crippen molar-refractivity contribution in [2.75, 3.05) is 18.4 Å². The molecule has 2 atom stereocenters. The van der Waals surface area contributed by atoms with Crippen LogP contribution in [0.4, 0.5) is 5.69 Å². The molecule has 0 heterocycles. The molecule has 28 heavy (non-hydrogen) atoms. The second-order valence-corrected chi connectivity index (χ2v) is 8.05. The minimum Gasteiger partial charge on any atom is -0.331 e. The van der Waals surface area contributed by atoms with E-state index < -0.39 is 0 Å². The van der Waals surface area contributed by atoms with Gasteiger partial charge >= 0.3 is 0 Å². The van der Waals surface area contributed by atoms with E-state index in [2.05, 4.69) is 18.5 Å². The molecule has 2 unspecified atom stereocenters. The molecule has 2 saturated carbocycles. The molecule has 2 bridgehead atoms. The topological polar surface area (TPSA) is 75.4 Å². The maximum Gasteiger partial charge on any atom is 0.254 e. The van der Waals surface area contributed by atoms with Gasteiger partial charge in [0.1, 0.15) is 0 Å². The van der Waals surface area contributed by atoms with Gasteiger partial charge in [-0.15, -0.1) is 13.2 Å². The number of anilines is 1. The summed E-state index contributed by atoms with van der Waals surface area (Å²) >= 11 is 0. The van der Waals surface area contributed by atoms with Crippen LogP contribution >= 0.6 is 0 Å². The third-order valence-corrected chi connectivity index (χ3v) is 6.17. The molecule has 0 radical (unpaired) electrons. The van der Waals surface area contributed by atoms with E-state index in [1.54, 1.807) is 41.3 Å². The molecule has 0 saturated heterocycles. The van der Waals surface area contributed by atoms with Gasteiger partial charge in [0.05, 0.1) is 0 Å². The Morgan fingerprint density at radius 2 is 1.64 bits per heavy atom. The molecule has 5 nitrogen and oxygen atoms in total. The van der Waals surface area contributed by atoms with Crippen LogP contribution in [0.2, 0.25) is 0 Å². The Hall–Kier alpha value is -2.40. The van der Waals surface area contributed by atoms with Crippen LogP contribution in [0.1, 0.15) is 42.5 Å². The lowest BCUT2D eigenvalue weighted by Crippen LogP contribution is -2.48. The fraction of sp³-hybridized carbons (Fsp3) is 0.478. The summed E-state index contributed by atoms with van der Waals surface area (Å²) in [5.41, 5.74) is 7.64. The summed E-state index contributed by atoms with van der Waals surface area (Å²) in [6, 6.07) is 7.35. The molecule has 2 aliphatic rings. The standard InChI is InChI=1S/C23H31N3O2/c1-3-12-26(13-4-2)23(28)16-8-10-20(11-9-16)25-22(27)19-14-17-6-5-7-18(15-19)21(17)24/h3-4,8-11,17-19,21H,1-2,5-7,12-15,24H2,(H,25,27). The van der Waals surface area contributed by atoms with Crippen LogP contribution in [0.3, 0.4) is 0 Å². The first-order valence-electron chi connectivity index (χ1n) is 10.2. The van der Waals surface area contributed by atoms with E-state index >= 15 is 0 Å². The quantitative estimate of drug-likeness (QED) is 0.709. The molecule has 2 amide bonds. The number of hydrogen-bond acceptors (Lipinski definition) is 3. The molecular weight excluding hydrogens is 350 g/mol. The van der Waals surface area contributed by atoms with Gasteiger partial charge in [-0.25, -0.2) is 0 Å². The Kier molecular flexibility index (Phi) is 6.68. The van der Waals surface area contributed by atoms with Crippen LogP contribution < -0.4 is 11.1 Å². The Bertz CT molecular complexity index is 704. The number of amides is 2. The minimum atomic E-state index is -0.0771. The molecule has 0 spiro atoms. The highest BCUT2D eigenvalue weighted by Crippen LogP contribution is 2.42. The van der Waals surface area contributed by atoms with Crippen molar-refractivity contribution in [3.05, 3.63) is 55.1 Å². The predicted molar refractivity (Wildman–Crippen MR) is 113 cm³/mol. The highest BCUT2D eigenvalue weighted by molar-refractivity contribution is 5.96. The van der Waals surface area contributed by atoms with Gasteiger partial charge in [0.15, 0.2) is 0 Å². The van der Waals surface area contributed by atoms with Crippen molar-refractivity contribution in [3.8, 4) is 0 Å². The third kappa shape index (κ3) is 4.53. The fourth-order valence-corrected chi connectivity index (χ4v) is 4.68. The number of nitrogens with zero attached hydrogens (tertiary/aromatic N) is 1. The Labute approximate surface area is 167 Å². The first kappa shape index (κ1) is 20.3. The molecule has 3 N–H and O–H groups in total. The number of hydrogen-bond donors (Lipinski definition) is 2. The maximum absolute atomic E-state index is 12.8. The van der Waals surface area contributed by atoms with Crippen molar-refractivity contribution in [2.24, 2.45) is 23.5 Å². The molecule has 2 aliphatic carbocycles. The summed E-state index contributed by atoms with van der Waals surface area (Å²) in [5, 5.41) is 3.02. The van der Waals surface area contributed by atoms with Gasteiger partial charge in [0.25, 0.3) is 5.91 Å². The summed E-state index contributed by atoms with van der Waals surface area (Å²) in [6.07, 6.45) is 8.69. The number of nitrogens with one attached hydrogen (secondary N) is 1. The fourth-order valence-electron chi connectivity index (χ4n) is 4.68. The second kappa shape index (κ2) is 9.20. The largest absolute Gasteiger partial charge is 0.331 e. The van der Waals surface area contributed by atoms with E-state index in [-0.39, 0.29) is 23.8 Å². The number of carbonyl (C=O) groups excluding carboxylic acids is 2. The van der Waals surface area contributed by atoms with Crippen molar-refractivity contribution in [2.45, 2.75) is 38.1 Å². The Morgan fingerprint density at radius 3 is 2.18 bits per heavy atom. The molecule has 150 valence electrons. The number of nitrogens with two attached hydrogens (primary N) is 1. The van der Waals surface area contributed by atoms with Crippen LogP contribution in [0.25, 0.3) is 0 Å². The average Bonchev–Trinajstić information content (AvgIpc) is 2.67. The van der Waals surface area contributed by atoms with Gasteiger partial charge in [0.2, 0.25) is 5.91 Å². The number of carbonyl (C=O) groups is 2. The van der Waals surface area contributed by atoms with E-state index in [4.69, 9.17) is 5.73 Å². The zero-order chi connectivity index (χ0) is 20.1. The molecule has 0 aliphatic heterocycles. The summed E-state index contributed by atoms with van der Waals surface area (Å²) in [7, 11) is 0. The zero-order valence-corrected chi connectivity index (χ0v) is 16.5. The van der Waals surface area contributed by atoms with E-state index in [0.717, 1.165) is 31.4 Å². The third-order valence-electron chi connectivity index (χ3n) is 6.17. The molecule has 0 aromatic heterocycles. The highest BCUT2D eigenvalue weighted by Gasteiger charge is 2.40. The first-order chi connectivity index (χ1) is 13.5. The SMILES string of the molecule is C=CCN(CC=C)C(=O)c1ccc(NC(=O)C2CC3CCCC(C2)C3N)cc1. The van der Waals surface area contributed by atoms with Crippen molar-refractivity contribution >= 4 is 17.5 Å². The lowest BCUT2D eigenvalue weighted by Gasteiger charge is -2.43. The first-order valence-corrected chi connectivity index (χ1v) is 10.2. The van der Waals surface area contributed by atoms with Crippen molar-refractivity contribution < 1.29 is 9.59 Å². The maximum atomic E-state index is 12.8. The summed E-state index contributed by atoms with van der Waals surface area (Å²) in [5.74, 6) is 0.981. The predicted octanol–water partition coefficient (Wildman–Crippen LogP) is 3.59. The summed E-state index contributed by atoms with van der Waals surface area (Å²) in [4.78, 5) is 27.0. The van der Waals surface area contributed by atoms with Gasteiger partial charge < -0.3 is 16.0 Å². The second-order valence-electron chi connectivity index (χ2n) is 8.05. The van der Waals surface area contributed by atoms with Crippen LogP contribution in [0.15, 0.2) is 49.6 Å². The van der Waals surface area contributed by atoms with Gasteiger partial charge in [-0.05, 0) is 61.8 Å². The van der Waals surface area contributed by atoms with E-state index in [0.29, 0.717) is 30.5 Å². The number of fused-ring (bicyclic) bond motifs is 2. The molecule has 1 aromatic carbocycles. The Morgan fingerprint density at radius 1 is 1.07 bits per heavy atom. The van der Waals surface area contributed by atoms with Crippen LogP contribution in [-0.4, -0.2) is 35.8 Å². The smallest absolute Gasteiger partial charge is 0.254 e. The van der Waals surface area contributed by atoms with Crippen molar-refractivity contribution in [1.82, 2.24) is 4.90 Å². The average molecular weight is 382 g/mol. The van der Waals surface area contributed by atoms with E-state index in [9.17, 15) is 9.59 Å². The normalized spacial score (nSPS) is 26.2. The van der Waals surface area contributed by atoms with Crippen molar-refractivity contribution in [3.63, 3.8) is 0 Å². The zero-order valence-electron chi connectivity index (χ0n) is 16.5. The van der Waals surface area contributed by atoms with E-state index in [1.165, 1.54) is 6.42 Å². The van der Waals surface area contributed by atoms with Crippen LogP contribution in [0, 0.1) is 17.8 Å². The van der Waals surface area contributed by atoms with Gasteiger partial charge in [-0.2, -0.15) is 0 Å². The molecule has 1 aromatic rings.